The van der Waals surface area contributed by atoms with Gasteiger partial charge in [0.05, 0.1) is 0 Å². The molecule has 5 nitrogen and oxygen atoms in total. The Kier molecular flexibility index (Phi) is 6.63. The van der Waals surface area contributed by atoms with Crippen molar-refractivity contribution in [2.75, 3.05) is 0 Å². The molecule has 0 saturated heterocycles. The Hall–Kier alpha value is -3.18. The first-order valence-corrected chi connectivity index (χ1v) is 10.9. The van der Waals surface area contributed by atoms with E-state index in [0.29, 0.717) is 23.9 Å². The van der Waals surface area contributed by atoms with E-state index >= 15 is 0 Å². The highest BCUT2D eigenvalue weighted by Gasteiger charge is 2.29. The fourth-order valence-corrected chi connectivity index (χ4v) is 4.33. The van der Waals surface area contributed by atoms with Crippen LogP contribution in [0.25, 0.3) is 5.57 Å². The Morgan fingerprint density at radius 3 is 2.48 bits per heavy atom. The average Bonchev–Trinajstić information content (AvgIpc) is 2.83. The van der Waals surface area contributed by atoms with Crippen LogP contribution in [0.1, 0.15) is 50.2 Å². The van der Waals surface area contributed by atoms with Crippen LogP contribution in [0.4, 0.5) is 0 Å². The molecule has 0 radical (unpaired) electrons. The summed E-state index contributed by atoms with van der Waals surface area (Å²) in [5, 5.41) is 1.63. The number of carbonyl (C=O) groups is 1. The van der Waals surface area contributed by atoms with Gasteiger partial charge < -0.3 is 4.74 Å². The number of aliphatic imine (C=N–C) groups is 1. The Balaban J connectivity index is 1.61. The van der Waals surface area contributed by atoms with Crippen LogP contribution in [0.15, 0.2) is 76.7 Å². The predicted octanol–water partition coefficient (Wildman–Crippen LogP) is 5.25. The molecule has 4 rings (SSSR count). The van der Waals surface area contributed by atoms with E-state index in [0.717, 1.165) is 47.3 Å². The van der Waals surface area contributed by atoms with Crippen LogP contribution in [0.5, 0.6) is 5.75 Å². The Morgan fingerprint density at radius 1 is 1.10 bits per heavy atom. The summed E-state index contributed by atoms with van der Waals surface area (Å²) < 4.78 is 5.93. The van der Waals surface area contributed by atoms with E-state index in [-0.39, 0.29) is 0 Å². The van der Waals surface area contributed by atoms with Crippen LogP contribution in [-0.4, -0.2) is 17.5 Å². The van der Waals surface area contributed by atoms with Gasteiger partial charge in [-0.1, -0.05) is 61.7 Å². The second kappa shape index (κ2) is 9.75. The molecule has 2 aromatic rings. The number of hydrogen-bond acceptors (Lipinski definition) is 5. The molecule has 2 aromatic carbocycles. The largest absolute Gasteiger partial charge is 0.489 e. The zero-order valence-corrected chi connectivity index (χ0v) is 18.0. The fraction of sp³-hybridized carbons (Fsp3) is 0.308. The number of nitrogens with zero attached hydrogens (tertiary/aromatic N) is 2. The van der Waals surface area contributed by atoms with Gasteiger partial charge in [-0.2, -0.15) is 0 Å². The van der Waals surface area contributed by atoms with Gasteiger partial charge in [0.15, 0.2) is 5.82 Å². The number of rotatable bonds is 6. The third-order valence-electron chi connectivity index (χ3n) is 6.01. The normalized spacial score (nSPS) is 18.8. The van der Waals surface area contributed by atoms with Crippen LogP contribution >= 0.6 is 0 Å². The molecule has 0 spiro atoms. The van der Waals surface area contributed by atoms with Crippen molar-refractivity contribution in [2.24, 2.45) is 16.8 Å². The van der Waals surface area contributed by atoms with Crippen LogP contribution in [0, 0.1) is 5.92 Å². The lowest BCUT2D eigenvalue weighted by molar-refractivity contribution is -0.105. The Labute approximate surface area is 183 Å². The lowest BCUT2D eigenvalue weighted by Crippen LogP contribution is -2.37. The number of ether oxygens (including phenoxy) is 1. The van der Waals surface area contributed by atoms with Crippen molar-refractivity contribution in [3.63, 3.8) is 0 Å². The molecule has 1 aliphatic carbocycles. The number of carbonyl (C=O) groups excluding carboxylic acids is 1. The molecule has 1 heterocycles. The topological polar surface area (TPSA) is 67.9 Å². The molecule has 0 bridgehead atoms. The van der Waals surface area contributed by atoms with Crippen molar-refractivity contribution in [3.05, 3.63) is 82.8 Å². The number of hydrogen-bond donors (Lipinski definition) is 1. The molecule has 0 unspecified atom stereocenters. The van der Waals surface area contributed by atoms with E-state index in [2.05, 4.69) is 29.3 Å². The third kappa shape index (κ3) is 4.78. The Bertz CT molecular complexity index is 1000. The van der Waals surface area contributed by atoms with Gasteiger partial charge >= 0.3 is 0 Å². The summed E-state index contributed by atoms with van der Waals surface area (Å²) in [6, 6.07) is 18.2. The van der Waals surface area contributed by atoms with Gasteiger partial charge in [-0.15, -0.1) is 0 Å². The summed E-state index contributed by atoms with van der Waals surface area (Å²) in [5.74, 6) is 8.24. The molecule has 0 atom stereocenters. The lowest BCUT2D eigenvalue weighted by atomic mass is 9.83. The maximum Gasteiger partial charge on any atom is 0.153 e. The maximum atomic E-state index is 11.3. The smallest absolute Gasteiger partial charge is 0.153 e. The van der Waals surface area contributed by atoms with Gasteiger partial charge in [0.2, 0.25) is 0 Å². The fourth-order valence-electron chi connectivity index (χ4n) is 4.33. The van der Waals surface area contributed by atoms with Gasteiger partial charge in [-0.3, -0.25) is 9.80 Å². The predicted molar refractivity (Wildman–Crippen MR) is 124 cm³/mol. The monoisotopic (exact) mass is 415 g/mol. The summed E-state index contributed by atoms with van der Waals surface area (Å²) in [7, 11) is 0. The van der Waals surface area contributed by atoms with E-state index in [1.165, 1.54) is 19.3 Å². The van der Waals surface area contributed by atoms with Crippen LogP contribution < -0.4 is 10.6 Å². The minimum absolute atomic E-state index is 0.365. The SMILES string of the molecule is C/C(C=O)=C1/N=CC(c2ccc(OCc3ccccc3)cc2)=C(C2CCCCC2)N1N. The van der Waals surface area contributed by atoms with E-state index in [1.54, 1.807) is 11.9 Å². The molecule has 160 valence electrons. The molecule has 1 saturated carbocycles. The van der Waals surface area contributed by atoms with Crippen molar-refractivity contribution in [1.82, 2.24) is 5.01 Å². The van der Waals surface area contributed by atoms with Crippen LogP contribution in [0.3, 0.4) is 0 Å². The standard InChI is InChI=1S/C26H29N3O2/c1-19(17-30)26-28-16-24(25(29(26)27)22-10-6-3-7-11-22)21-12-14-23(15-13-21)31-18-20-8-4-2-5-9-20/h2,4-5,8-9,12-17,22H,3,6-7,10-11,18,27H2,1H3/b26-19+. The van der Waals surface area contributed by atoms with Crippen molar-refractivity contribution < 1.29 is 9.53 Å². The second-order valence-corrected chi connectivity index (χ2v) is 8.19. The minimum atomic E-state index is 0.365. The molecule has 0 aromatic heterocycles. The number of benzene rings is 2. The van der Waals surface area contributed by atoms with Crippen molar-refractivity contribution in [1.29, 1.82) is 0 Å². The average molecular weight is 416 g/mol. The van der Waals surface area contributed by atoms with E-state index in [1.807, 2.05) is 36.5 Å². The number of hydrazine groups is 1. The highest BCUT2D eigenvalue weighted by molar-refractivity contribution is 6.12. The van der Waals surface area contributed by atoms with Crippen LogP contribution in [-0.2, 0) is 11.4 Å². The van der Waals surface area contributed by atoms with Gasteiger partial charge in [0, 0.05) is 29.0 Å². The molecular formula is C26H29N3O2. The third-order valence-corrected chi connectivity index (χ3v) is 6.01. The van der Waals surface area contributed by atoms with Crippen LogP contribution in [0.2, 0.25) is 0 Å². The molecule has 1 fully saturated rings. The second-order valence-electron chi connectivity index (χ2n) is 8.19. The zero-order chi connectivity index (χ0) is 21.6. The Morgan fingerprint density at radius 2 is 1.81 bits per heavy atom. The number of allylic oxidation sites excluding steroid dienone is 3. The summed E-state index contributed by atoms with van der Waals surface area (Å²) in [6.45, 7) is 2.29. The zero-order valence-electron chi connectivity index (χ0n) is 18.0. The highest BCUT2D eigenvalue weighted by Crippen LogP contribution is 2.38. The molecule has 31 heavy (non-hydrogen) atoms. The molecule has 2 aliphatic rings. The summed E-state index contributed by atoms with van der Waals surface area (Å²) >= 11 is 0. The highest BCUT2D eigenvalue weighted by atomic mass is 16.5. The molecule has 5 heteroatoms. The van der Waals surface area contributed by atoms with Gasteiger partial charge in [0.25, 0.3) is 0 Å². The lowest BCUT2D eigenvalue weighted by Gasteiger charge is -2.35. The van der Waals surface area contributed by atoms with Gasteiger partial charge in [0.1, 0.15) is 18.6 Å². The van der Waals surface area contributed by atoms with Crippen molar-refractivity contribution in [3.8, 4) is 5.75 Å². The van der Waals surface area contributed by atoms with E-state index in [4.69, 9.17) is 10.6 Å². The molecule has 0 amide bonds. The first kappa shape index (κ1) is 21.1. The maximum absolute atomic E-state index is 11.3. The first-order valence-electron chi connectivity index (χ1n) is 10.9. The summed E-state index contributed by atoms with van der Waals surface area (Å²) in [4.78, 5) is 15.9. The number of nitrogens with two attached hydrogens (primary N) is 1. The summed E-state index contributed by atoms with van der Waals surface area (Å²) in [5.41, 5.74) is 4.80. The summed E-state index contributed by atoms with van der Waals surface area (Å²) in [6.07, 6.45) is 8.54. The minimum Gasteiger partial charge on any atom is -0.489 e. The molecular weight excluding hydrogens is 386 g/mol. The van der Waals surface area contributed by atoms with E-state index < -0.39 is 0 Å². The van der Waals surface area contributed by atoms with Crippen molar-refractivity contribution >= 4 is 18.1 Å². The first-order chi connectivity index (χ1) is 15.2. The van der Waals surface area contributed by atoms with Gasteiger partial charge in [-0.25, -0.2) is 10.8 Å². The van der Waals surface area contributed by atoms with E-state index in [9.17, 15) is 4.79 Å². The molecule has 2 N–H and O–H groups in total. The molecule has 1 aliphatic heterocycles. The van der Waals surface area contributed by atoms with Crippen molar-refractivity contribution in [2.45, 2.75) is 45.6 Å². The van der Waals surface area contributed by atoms with Gasteiger partial charge in [-0.05, 0) is 43.0 Å². The number of aldehydes is 1. The quantitative estimate of drug-likeness (QED) is 0.398.